The summed E-state index contributed by atoms with van der Waals surface area (Å²) in [7, 11) is 2.26. The third kappa shape index (κ3) is 7.24. The Bertz CT molecular complexity index is 157. The molecule has 0 heterocycles. The second-order valence-corrected chi connectivity index (χ2v) is 5.53. The van der Waals surface area contributed by atoms with Crippen molar-refractivity contribution in [2.75, 3.05) is 20.1 Å². The van der Waals surface area contributed by atoms with E-state index in [2.05, 4.69) is 51.9 Å². The molecule has 2 heteroatoms. The van der Waals surface area contributed by atoms with Crippen LogP contribution in [0.1, 0.15) is 53.9 Å². The standard InChI is InChI=1S/C14H32N2/c1-7-9-15-10-8-13(4)16(6)14(5)11-12(2)3/h12-15H,7-11H2,1-6H3. The molecule has 0 rings (SSSR count). The van der Waals surface area contributed by atoms with E-state index in [1.54, 1.807) is 0 Å². The third-order valence-corrected chi connectivity index (χ3v) is 3.37. The predicted octanol–water partition coefficient (Wildman–Crippen LogP) is 3.13. The van der Waals surface area contributed by atoms with Crippen molar-refractivity contribution in [1.29, 1.82) is 0 Å². The Labute approximate surface area is 103 Å². The van der Waals surface area contributed by atoms with Crippen LogP contribution in [0, 0.1) is 5.92 Å². The van der Waals surface area contributed by atoms with Crippen molar-refractivity contribution in [2.45, 2.75) is 66.0 Å². The second-order valence-electron chi connectivity index (χ2n) is 5.53. The number of hydrogen-bond acceptors (Lipinski definition) is 2. The summed E-state index contributed by atoms with van der Waals surface area (Å²) in [6.45, 7) is 13.8. The van der Waals surface area contributed by atoms with Crippen LogP contribution in [-0.2, 0) is 0 Å². The maximum atomic E-state index is 3.47. The van der Waals surface area contributed by atoms with Gasteiger partial charge in [0.25, 0.3) is 0 Å². The summed E-state index contributed by atoms with van der Waals surface area (Å²) in [4.78, 5) is 2.52. The van der Waals surface area contributed by atoms with Gasteiger partial charge in [-0.3, -0.25) is 0 Å². The van der Waals surface area contributed by atoms with E-state index in [0.717, 1.165) is 19.0 Å². The van der Waals surface area contributed by atoms with Crippen molar-refractivity contribution >= 4 is 0 Å². The number of nitrogens with one attached hydrogen (secondary N) is 1. The molecule has 0 saturated carbocycles. The minimum Gasteiger partial charge on any atom is -0.317 e. The zero-order valence-electron chi connectivity index (χ0n) is 12.2. The summed E-state index contributed by atoms with van der Waals surface area (Å²) in [5, 5.41) is 3.47. The largest absolute Gasteiger partial charge is 0.317 e. The summed E-state index contributed by atoms with van der Waals surface area (Å²) in [6, 6.07) is 1.37. The first kappa shape index (κ1) is 15.9. The zero-order valence-corrected chi connectivity index (χ0v) is 12.2. The molecule has 0 radical (unpaired) electrons. The molecule has 16 heavy (non-hydrogen) atoms. The van der Waals surface area contributed by atoms with Gasteiger partial charge in [-0.2, -0.15) is 0 Å². The normalized spacial score (nSPS) is 15.8. The van der Waals surface area contributed by atoms with Crippen LogP contribution in [0.3, 0.4) is 0 Å². The lowest BCUT2D eigenvalue weighted by atomic mass is 10.0. The van der Waals surface area contributed by atoms with E-state index < -0.39 is 0 Å². The zero-order chi connectivity index (χ0) is 12.6. The van der Waals surface area contributed by atoms with E-state index in [1.165, 1.54) is 19.3 Å². The lowest BCUT2D eigenvalue weighted by Crippen LogP contribution is -2.39. The van der Waals surface area contributed by atoms with Crippen LogP contribution in [0.15, 0.2) is 0 Å². The molecule has 0 amide bonds. The Balaban J connectivity index is 3.74. The van der Waals surface area contributed by atoms with Crippen molar-refractivity contribution in [3.63, 3.8) is 0 Å². The molecule has 0 aromatic rings. The molecule has 1 N–H and O–H groups in total. The Kier molecular flexibility index (Phi) is 8.96. The van der Waals surface area contributed by atoms with Crippen LogP contribution in [0.25, 0.3) is 0 Å². The highest BCUT2D eigenvalue weighted by Crippen LogP contribution is 2.13. The predicted molar refractivity (Wildman–Crippen MR) is 73.9 cm³/mol. The van der Waals surface area contributed by atoms with Crippen molar-refractivity contribution in [3.05, 3.63) is 0 Å². The van der Waals surface area contributed by atoms with E-state index in [0.29, 0.717) is 12.1 Å². The van der Waals surface area contributed by atoms with Crippen LogP contribution in [-0.4, -0.2) is 37.1 Å². The first-order valence-corrected chi connectivity index (χ1v) is 6.91. The molecule has 0 aliphatic rings. The number of nitrogens with zero attached hydrogens (tertiary/aromatic N) is 1. The lowest BCUT2D eigenvalue weighted by molar-refractivity contribution is 0.167. The lowest BCUT2D eigenvalue weighted by Gasteiger charge is -2.32. The molecule has 0 aromatic heterocycles. The molecule has 0 spiro atoms. The second kappa shape index (κ2) is 9.00. The van der Waals surface area contributed by atoms with Crippen LogP contribution >= 0.6 is 0 Å². The fraction of sp³-hybridized carbons (Fsp3) is 1.00. The Morgan fingerprint density at radius 3 is 2.12 bits per heavy atom. The average molecular weight is 228 g/mol. The van der Waals surface area contributed by atoms with E-state index in [1.807, 2.05) is 0 Å². The maximum Gasteiger partial charge on any atom is 0.00787 e. The van der Waals surface area contributed by atoms with Gasteiger partial charge in [-0.15, -0.1) is 0 Å². The SMILES string of the molecule is CCCNCCC(C)N(C)C(C)CC(C)C. The van der Waals surface area contributed by atoms with E-state index in [4.69, 9.17) is 0 Å². The maximum absolute atomic E-state index is 3.47. The highest BCUT2D eigenvalue weighted by Gasteiger charge is 2.16. The van der Waals surface area contributed by atoms with Gasteiger partial charge in [0, 0.05) is 12.1 Å². The van der Waals surface area contributed by atoms with Crippen molar-refractivity contribution < 1.29 is 0 Å². The summed E-state index contributed by atoms with van der Waals surface area (Å²) >= 11 is 0. The van der Waals surface area contributed by atoms with Crippen molar-refractivity contribution in [1.82, 2.24) is 10.2 Å². The number of hydrogen-bond donors (Lipinski definition) is 1. The van der Waals surface area contributed by atoms with Crippen LogP contribution in [0.2, 0.25) is 0 Å². The van der Waals surface area contributed by atoms with Gasteiger partial charge < -0.3 is 10.2 Å². The minimum atomic E-state index is 0.679. The Morgan fingerprint density at radius 2 is 1.62 bits per heavy atom. The average Bonchev–Trinajstić information content (AvgIpc) is 2.22. The molecule has 0 fully saturated rings. The molecule has 0 aliphatic heterocycles. The third-order valence-electron chi connectivity index (χ3n) is 3.37. The first-order chi connectivity index (χ1) is 7.49. The van der Waals surface area contributed by atoms with Gasteiger partial charge in [-0.05, 0) is 59.2 Å². The molecule has 2 unspecified atom stereocenters. The Hall–Kier alpha value is -0.0800. The fourth-order valence-corrected chi connectivity index (χ4v) is 2.10. The summed E-state index contributed by atoms with van der Waals surface area (Å²) in [6.07, 6.45) is 3.77. The van der Waals surface area contributed by atoms with E-state index in [-0.39, 0.29) is 0 Å². The Morgan fingerprint density at radius 1 is 1.00 bits per heavy atom. The summed E-state index contributed by atoms with van der Waals surface area (Å²) in [5.74, 6) is 0.794. The van der Waals surface area contributed by atoms with Crippen molar-refractivity contribution in [3.8, 4) is 0 Å². The molecular weight excluding hydrogens is 196 g/mol. The molecule has 0 aromatic carbocycles. The highest BCUT2D eigenvalue weighted by molar-refractivity contribution is 4.72. The van der Waals surface area contributed by atoms with Gasteiger partial charge in [0.15, 0.2) is 0 Å². The summed E-state index contributed by atoms with van der Waals surface area (Å²) in [5.41, 5.74) is 0. The molecular formula is C14H32N2. The monoisotopic (exact) mass is 228 g/mol. The minimum absolute atomic E-state index is 0.679. The van der Waals surface area contributed by atoms with Crippen molar-refractivity contribution in [2.24, 2.45) is 5.92 Å². The molecule has 0 aliphatic carbocycles. The smallest absolute Gasteiger partial charge is 0.00787 e. The molecule has 0 saturated heterocycles. The van der Waals surface area contributed by atoms with Crippen LogP contribution in [0.5, 0.6) is 0 Å². The van der Waals surface area contributed by atoms with Gasteiger partial charge in [0.1, 0.15) is 0 Å². The first-order valence-electron chi connectivity index (χ1n) is 6.91. The van der Waals surface area contributed by atoms with Gasteiger partial charge in [-0.25, -0.2) is 0 Å². The summed E-state index contributed by atoms with van der Waals surface area (Å²) < 4.78 is 0. The van der Waals surface area contributed by atoms with Crippen LogP contribution in [0.4, 0.5) is 0 Å². The van der Waals surface area contributed by atoms with E-state index >= 15 is 0 Å². The van der Waals surface area contributed by atoms with E-state index in [9.17, 15) is 0 Å². The fourth-order valence-electron chi connectivity index (χ4n) is 2.10. The molecule has 2 nitrogen and oxygen atoms in total. The molecule has 0 bridgehead atoms. The molecule has 98 valence electrons. The van der Waals surface area contributed by atoms with Gasteiger partial charge in [-0.1, -0.05) is 20.8 Å². The van der Waals surface area contributed by atoms with Gasteiger partial charge in [0.2, 0.25) is 0 Å². The molecule has 2 atom stereocenters. The topological polar surface area (TPSA) is 15.3 Å². The van der Waals surface area contributed by atoms with Crippen LogP contribution < -0.4 is 5.32 Å². The van der Waals surface area contributed by atoms with Gasteiger partial charge in [0.05, 0.1) is 0 Å². The highest BCUT2D eigenvalue weighted by atomic mass is 15.1. The van der Waals surface area contributed by atoms with Gasteiger partial charge >= 0.3 is 0 Å². The quantitative estimate of drug-likeness (QED) is 0.610. The number of rotatable bonds is 9.